The normalized spacial score (nSPS) is 11.6. The van der Waals surface area contributed by atoms with Crippen LogP contribution in [0.15, 0.2) is 46.1 Å². The van der Waals surface area contributed by atoms with Crippen molar-refractivity contribution >= 4 is 48.9 Å². The first-order valence-electron chi connectivity index (χ1n) is 6.78. The number of nitrogens with one attached hydrogen (secondary N) is 1. The van der Waals surface area contributed by atoms with E-state index in [0.717, 1.165) is 16.9 Å². The van der Waals surface area contributed by atoms with Gasteiger partial charge in [-0.1, -0.05) is 22.9 Å². The Balaban J connectivity index is 1.97. The lowest BCUT2D eigenvalue weighted by atomic mass is 10.3. The number of anilines is 1. The molecule has 2 aromatic carbocycles. The predicted molar refractivity (Wildman–Crippen MR) is 95.9 cm³/mol. The topological polar surface area (TPSA) is 77.4 Å². The van der Waals surface area contributed by atoms with Gasteiger partial charge in [0.05, 0.1) is 32.9 Å². The molecule has 24 heavy (non-hydrogen) atoms. The van der Waals surface area contributed by atoms with Crippen LogP contribution in [0.5, 0.6) is 5.75 Å². The summed E-state index contributed by atoms with van der Waals surface area (Å²) in [6.45, 7) is 0. The van der Waals surface area contributed by atoms with Crippen LogP contribution in [0.3, 0.4) is 0 Å². The van der Waals surface area contributed by atoms with Crippen molar-refractivity contribution in [1.29, 1.82) is 0 Å². The van der Waals surface area contributed by atoms with E-state index < -0.39 is 10.0 Å². The Kier molecular flexibility index (Phi) is 4.29. The summed E-state index contributed by atoms with van der Waals surface area (Å²) in [5.74, 6) is 0.395. The Morgan fingerprint density at radius 2 is 1.96 bits per heavy atom. The number of aromatic nitrogens is 1. The molecule has 0 aliphatic heterocycles. The quantitative estimate of drug-likeness (QED) is 0.749. The molecule has 0 saturated heterocycles. The SMILES string of the molecule is COc1ccc(S(=O)(=O)Nc2ccc3c(c2)sc(=O)n3C)cc1Cl. The molecule has 0 bridgehead atoms. The summed E-state index contributed by atoms with van der Waals surface area (Å²) in [6.07, 6.45) is 0. The van der Waals surface area contributed by atoms with Crippen LogP contribution in [0, 0.1) is 0 Å². The highest BCUT2D eigenvalue weighted by Gasteiger charge is 2.17. The van der Waals surface area contributed by atoms with Crippen LogP contribution in [-0.2, 0) is 17.1 Å². The van der Waals surface area contributed by atoms with Gasteiger partial charge in [-0.25, -0.2) is 8.42 Å². The third-order valence-corrected chi connectivity index (χ3v) is 6.15. The van der Waals surface area contributed by atoms with E-state index >= 15 is 0 Å². The highest BCUT2D eigenvalue weighted by Crippen LogP contribution is 2.28. The molecule has 0 aliphatic rings. The van der Waals surface area contributed by atoms with E-state index in [-0.39, 0.29) is 14.8 Å². The Morgan fingerprint density at radius 1 is 1.21 bits per heavy atom. The molecular weight excluding hydrogens is 372 g/mol. The van der Waals surface area contributed by atoms with Gasteiger partial charge in [-0.2, -0.15) is 0 Å². The van der Waals surface area contributed by atoms with Gasteiger partial charge in [0, 0.05) is 7.05 Å². The number of hydrogen-bond acceptors (Lipinski definition) is 5. The van der Waals surface area contributed by atoms with Crippen molar-refractivity contribution in [2.75, 3.05) is 11.8 Å². The second-order valence-corrected chi connectivity index (χ2v) is 8.09. The minimum atomic E-state index is -3.80. The van der Waals surface area contributed by atoms with Crippen LogP contribution in [0.4, 0.5) is 5.69 Å². The van der Waals surface area contributed by atoms with Gasteiger partial charge in [0.15, 0.2) is 0 Å². The molecule has 0 unspecified atom stereocenters. The minimum Gasteiger partial charge on any atom is -0.495 e. The van der Waals surface area contributed by atoms with Crippen molar-refractivity contribution in [3.63, 3.8) is 0 Å². The van der Waals surface area contributed by atoms with Gasteiger partial charge in [0.25, 0.3) is 10.0 Å². The van der Waals surface area contributed by atoms with E-state index in [4.69, 9.17) is 16.3 Å². The zero-order valence-electron chi connectivity index (χ0n) is 12.7. The first-order valence-corrected chi connectivity index (χ1v) is 9.45. The number of hydrogen-bond donors (Lipinski definition) is 1. The lowest BCUT2D eigenvalue weighted by Crippen LogP contribution is -2.13. The van der Waals surface area contributed by atoms with Crippen LogP contribution in [-0.4, -0.2) is 20.1 Å². The third-order valence-electron chi connectivity index (χ3n) is 3.48. The number of sulfonamides is 1. The molecule has 9 heteroatoms. The van der Waals surface area contributed by atoms with Gasteiger partial charge in [-0.15, -0.1) is 0 Å². The average molecular weight is 385 g/mol. The molecule has 0 saturated carbocycles. The maximum Gasteiger partial charge on any atom is 0.307 e. The summed E-state index contributed by atoms with van der Waals surface area (Å²) in [4.78, 5) is 11.6. The molecular formula is C15H13ClN2O4S2. The summed E-state index contributed by atoms with van der Waals surface area (Å²) < 4.78 is 34.7. The van der Waals surface area contributed by atoms with Crippen molar-refractivity contribution in [1.82, 2.24) is 4.57 Å². The zero-order valence-corrected chi connectivity index (χ0v) is 15.1. The highest BCUT2D eigenvalue weighted by molar-refractivity contribution is 7.92. The zero-order chi connectivity index (χ0) is 17.5. The molecule has 3 rings (SSSR count). The molecule has 126 valence electrons. The van der Waals surface area contributed by atoms with Crippen molar-refractivity contribution in [2.24, 2.45) is 7.05 Å². The first-order chi connectivity index (χ1) is 11.3. The summed E-state index contributed by atoms with van der Waals surface area (Å²) in [7, 11) is -0.680. The van der Waals surface area contributed by atoms with Gasteiger partial charge in [0.2, 0.25) is 0 Å². The number of fused-ring (bicyclic) bond motifs is 1. The Hall–Kier alpha value is -2.03. The standard InChI is InChI=1S/C15H13ClN2O4S2/c1-18-12-5-3-9(7-14(12)23-15(18)19)17-24(20,21)10-4-6-13(22-2)11(16)8-10/h3-8,17H,1-2H3. The number of methoxy groups -OCH3 is 1. The fourth-order valence-corrected chi connectivity index (χ4v) is 4.54. The molecule has 0 spiro atoms. The highest BCUT2D eigenvalue weighted by atomic mass is 35.5. The molecule has 0 amide bonds. The summed E-state index contributed by atoms with van der Waals surface area (Å²) in [6, 6.07) is 9.16. The monoisotopic (exact) mass is 384 g/mol. The number of aryl methyl sites for hydroxylation is 1. The van der Waals surface area contributed by atoms with Crippen molar-refractivity contribution in [3.8, 4) is 5.75 Å². The number of nitrogens with zero attached hydrogens (tertiary/aromatic N) is 1. The van der Waals surface area contributed by atoms with E-state index in [1.54, 1.807) is 25.2 Å². The van der Waals surface area contributed by atoms with E-state index in [1.165, 1.54) is 29.9 Å². The molecule has 0 aliphatic carbocycles. The number of benzene rings is 2. The Bertz CT molecular complexity index is 1090. The molecule has 0 fully saturated rings. The largest absolute Gasteiger partial charge is 0.495 e. The molecule has 0 atom stereocenters. The number of halogens is 1. The lowest BCUT2D eigenvalue weighted by molar-refractivity contribution is 0.414. The van der Waals surface area contributed by atoms with E-state index in [9.17, 15) is 13.2 Å². The van der Waals surface area contributed by atoms with Crippen LogP contribution in [0.1, 0.15) is 0 Å². The molecule has 1 N–H and O–H groups in total. The first kappa shape index (κ1) is 16.8. The number of thiazole rings is 1. The van der Waals surface area contributed by atoms with Gasteiger partial charge < -0.3 is 9.30 Å². The molecule has 1 heterocycles. The maximum atomic E-state index is 12.5. The number of ether oxygens (including phenoxy) is 1. The second-order valence-electron chi connectivity index (χ2n) is 5.01. The van der Waals surface area contributed by atoms with Crippen LogP contribution < -0.4 is 14.3 Å². The van der Waals surface area contributed by atoms with Crippen LogP contribution in [0.2, 0.25) is 5.02 Å². The van der Waals surface area contributed by atoms with Gasteiger partial charge in [-0.3, -0.25) is 9.52 Å². The summed E-state index contributed by atoms with van der Waals surface area (Å²) >= 11 is 7.04. The minimum absolute atomic E-state index is 0.0228. The summed E-state index contributed by atoms with van der Waals surface area (Å²) in [5.41, 5.74) is 1.12. The lowest BCUT2D eigenvalue weighted by Gasteiger charge is -2.10. The third kappa shape index (κ3) is 3.00. The Morgan fingerprint density at radius 3 is 2.62 bits per heavy atom. The second kappa shape index (κ2) is 6.12. The average Bonchev–Trinajstić information content (AvgIpc) is 2.81. The maximum absolute atomic E-state index is 12.5. The number of rotatable bonds is 4. The van der Waals surface area contributed by atoms with E-state index in [0.29, 0.717) is 16.1 Å². The molecule has 3 aromatic rings. The van der Waals surface area contributed by atoms with Crippen LogP contribution >= 0.6 is 22.9 Å². The van der Waals surface area contributed by atoms with Gasteiger partial charge >= 0.3 is 4.87 Å². The van der Waals surface area contributed by atoms with Crippen molar-refractivity contribution in [2.45, 2.75) is 4.90 Å². The van der Waals surface area contributed by atoms with Gasteiger partial charge in [0.1, 0.15) is 5.75 Å². The Labute approximate surface area is 147 Å². The smallest absolute Gasteiger partial charge is 0.307 e. The van der Waals surface area contributed by atoms with Crippen LogP contribution in [0.25, 0.3) is 10.2 Å². The molecule has 6 nitrogen and oxygen atoms in total. The molecule has 0 radical (unpaired) electrons. The summed E-state index contributed by atoms with van der Waals surface area (Å²) in [5, 5.41) is 0.206. The van der Waals surface area contributed by atoms with Crippen molar-refractivity contribution < 1.29 is 13.2 Å². The fourth-order valence-electron chi connectivity index (χ4n) is 2.23. The van der Waals surface area contributed by atoms with Gasteiger partial charge in [-0.05, 0) is 36.4 Å². The van der Waals surface area contributed by atoms with E-state index in [2.05, 4.69) is 4.72 Å². The predicted octanol–water partition coefficient (Wildman–Crippen LogP) is 3.06. The molecule has 1 aromatic heterocycles. The van der Waals surface area contributed by atoms with Crippen molar-refractivity contribution in [3.05, 3.63) is 51.1 Å². The fraction of sp³-hybridized carbons (Fsp3) is 0.133. The van der Waals surface area contributed by atoms with E-state index in [1.807, 2.05) is 0 Å².